The van der Waals surface area contributed by atoms with Crippen molar-refractivity contribution < 1.29 is 22.3 Å². The molecule has 144 valence electrons. The standard InChI is InChI=1S/C16H16F3N5O3/c17-16(18,19)11-1-2-23-14(25)5-12-21-15(23)24(11)7-13-20-6-10(27-13)9-8-26-4-3-22(9)12/h5-6,9,11H,1-4,7-8H2/t9-,11-/m0/s1. The molecule has 0 spiro atoms. The van der Waals surface area contributed by atoms with Crippen LogP contribution in [-0.4, -0.2) is 46.5 Å². The summed E-state index contributed by atoms with van der Waals surface area (Å²) in [5.41, 5.74) is -0.365. The molecule has 3 aliphatic rings. The number of alkyl halides is 3. The van der Waals surface area contributed by atoms with Crippen LogP contribution in [0, 0.1) is 0 Å². The van der Waals surface area contributed by atoms with Gasteiger partial charge in [0.1, 0.15) is 23.7 Å². The zero-order valence-corrected chi connectivity index (χ0v) is 14.1. The fourth-order valence-corrected chi connectivity index (χ4v) is 3.94. The van der Waals surface area contributed by atoms with Crippen molar-refractivity contribution in [3.05, 3.63) is 34.3 Å². The van der Waals surface area contributed by atoms with Crippen LogP contribution in [-0.2, 0) is 17.8 Å². The Balaban J connectivity index is 1.72. The van der Waals surface area contributed by atoms with Crippen LogP contribution in [0.15, 0.2) is 21.5 Å². The smallest absolute Gasteiger partial charge is 0.408 e. The third-order valence-electron chi connectivity index (χ3n) is 5.24. The summed E-state index contributed by atoms with van der Waals surface area (Å²) in [6.45, 7) is 0.939. The minimum absolute atomic E-state index is 0.00188. The molecule has 2 aromatic heterocycles. The maximum atomic E-state index is 13.6. The second-order valence-corrected chi connectivity index (χ2v) is 6.82. The summed E-state index contributed by atoms with van der Waals surface area (Å²) >= 11 is 0. The van der Waals surface area contributed by atoms with E-state index in [1.165, 1.54) is 16.8 Å². The maximum absolute atomic E-state index is 13.6. The third kappa shape index (κ3) is 2.59. The molecular weight excluding hydrogens is 367 g/mol. The number of rotatable bonds is 0. The van der Waals surface area contributed by atoms with Crippen molar-refractivity contribution in [2.45, 2.75) is 37.8 Å². The monoisotopic (exact) mass is 383 g/mol. The van der Waals surface area contributed by atoms with Crippen LogP contribution in [0.25, 0.3) is 0 Å². The Morgan fingerprint density at radius 1 is 1.22 bits per heavy atom. The van der Waals surface area contributed by atoms with Crippen LogP contribution in [0.2, 0.25) is 0 Å². The summed E-state index contributed by atoms with van der Waals surface area (Å²) in [5.74, 6) is 0.963. The molecule has 0 N–H and O–H groups in total. The van der Waals surface area contributed by atoms with Gasteiger partial charge in [-0.05, 0) is 6.42 Å². The van der Waals surface area contributed by atoms with E-state index in [-0.39, 0.29) is 43.0 Å². The van der Waals surface area contributed by atoms with E-state index in [1.54, 1.807) is 0 Å². The number of fused-ring (bicyclic) bond motifs is 6. The number of hydrogen-bond donors (Lipinski definition) is 0. The Hall–Kier alpha value is -2.56. The van der Waals surface area contributed by atoms with E-state index in [0.717, 1.165) is 4.90 Å². The van der Waals surface area contributed by atoms with E-state index in [2.05, 4.69) is 9.97 Å². The van der Waals surface area contributed by atoms with E-state index in [1.807, 2.05) is 4.90 Å². The molecule has 2 aromatic rings. The van der Waals surface area contributed by atoms with E-state index >= 15 is 0 Å². The number of hydrogen-bond acceptors (Lipinski definition) is 7. The number of nitrogens with zero attached hydrogens (tertiary/aromatic N) is 5. The first-order valence-corrected chi connectivity index (χ1v) is 8.66. The highest BCUT2D eigenvalue weighted by Crippen LogP contribution is 2.37. The Morgan fingerprint density at radius 2 is 2.07 bits per heavy atom. The molecule has 0 radical (unpaired) electrons. The van der Waals surface area contributed by atoms with Crippen molar-refractivity contribution >= 4 is 11.8 Å². The highest BCUT2D eigenvalue weighted by atomic mass is 19.4. The van der Waals surface area contributed by atoms with Gasteiger partial charge in [-0.1, -0.05) is 0 Å². The first-order valence-electron chi connectivity index (χ1n) is 8.66. The van der Waals surface area contributed by atoms with Crippen LogP contribution in [0.5, 0.6) is 0 Å². The van der Waals surface area contributed by atoms with Crippen LogP contribution in [0.3, 0.4) is 0 Å². The largest absolute Gasteiger partial charge is 0.441 e. The summed E-state index contributed by atoms with van der Waals surface area (Å²) < 4.78 is 53.5. The van der Waals surface area contributed by atoms with Gasteiger partial charge in [0.05, 0.1) is 26.0 Å². The number of aromatic nitrogens is 3. The SMILES string of the molecule is O=c1cc2nc3n1CC[C@@H](C(F)(F)F)N3Cc1ncc(o1)[C@@H]1COCCN21. The Labute approximate surface area is 151 Å². The highest BCUT2D eigenvalue weighted by Gasteiger charge is 2.47. The molecule has 27 heavy (non-hydrogen) atoms. The molecule has 4 bridgehead atoms. The molecule has 0 aromatic carbocycles. The molecule has 0 amide bonds. The molecule has 1 fully saturated rings. The molecule has 11 heteroatoms. The van der Waals surface area contributed by atoms with Gasteiger partial charge in [-0.3, -0.25) is 9.36 Å². The summed E-state index contributed by atoms with van der Waals surface area (Å²) in [5, 5.41) is 0. The van der Waals surface area contributed by atoms with Crippen molar-refractivity contribution in [2.24, 2.45) is 0 Å². The fourth-order valence-electron chi connectivity index (χ4n) is 3.94. The molecule has 5 heterocycles. The number of ether oxygens (including phenoxy) is 1. The zero-order valence-electron chi connectivity index (χ0n) is 14.1. The minimum atomic E-state index is -4.46. The van der Waals surface area contributed by atoms with Crippen molar-refractivity contribution in [3.8, 4) is 0 Å². The molecule has 3 aliphatic heterocycles. The summed E-state index contributed by atoms with van der Waals surface area (Å²) in [7, 11) is 0. The topological polar surface area (TPSA) is 76.6 Å². The predicted molar refractivity (Wildman–Crippen MR) is 86.5 cm³/mol. The second kappa shape index (κ2) is 5.72. The lowest BCUT2D eigenvalue weighted by Gasteiger charge is -2.40. The lowest BCUT2D eigenvalue weighted by molar-refractivity contribution is -0.153. The molecule has 1 saturated heterocycles. The number of oxazole rings is 1. The molecular formula is C16H16F3N5O3. The van der Waals surface area contributed by atoms with Gasteiger partial charge in [0.25, 0.3) is 5.56 Å². The minimum Gasteiger partial charge on any atom is -0.441 e. The lowest BCUT2D eigenvalue weighted by Crippen LogP contribution is -2.52. The van der Waals surface area contributed by atoms with Gasteiger partial charge in [0.15, 0.2) is 0 Å². The van der Waals surface area contributed by atoms with E-state index in [0.29, 0.717) is 31.3 Å². The molecule has 2 atom stereocenters. The van der Waals surface area contributed by atoms with Crippen LogP contribution in [0.4, 0.5) is 24.9 Å². The number of anilines is 2. The van der Waals surface area contributed by atoms with Gasteiger partial charge in [0, 0.05) is 19.2 Å². The van der Waals surface area contributed by atoms with Crippen molar-refractivity contribution in [3.63, 3.8) is 0 Å². The molecule has 0 unspecified atom stereocenters. The van der Waals surface area contributed by atoms with Gasteiger partial charge in [-0.2, -0.15) is 18.2 Å². The maximum Gasteiger partial charge on any atom is 0.408 e. The zero-order chi connectivity index (χ0) is 18.8. The van der Waals surface area contributed by atoms with Crippen LogP contribution < -0.4 is 15.4 Å². The normalized spacial score (nSPS) is 24.6. The molecule has 8 nitrogen and oxygen atoms in total. The van der Waals surface area contributed by atoms with E-state index < -0.39 is 12.2 Å². The summed E-state index contributed by atoms with van der Waals surface area (Å²) in [6, 6.07) is -0.717. The van der Waals surface area contributed by atoms with Gasteiger partial charge in [0.2, 0.25) is 11.8 Å². The first kappa shape index (κ1) is 16.6. The average molecular weight is 383 g/mol. The van der Waals surface area contributed by atoms with E-state index in [4.69, 9.17) is 9.15 Å². The third-order valence-corrected chi connectivity index (χ3v) is 5.24. The Morgan fingerprint density at radius 3 is 2.89 bits per heavy atom. The van der Waals surface area contributed by atoms with Crippen LogP contribution in [0.1, 0.15) is 24.1 Å². The van der Waals surface area contributed by atoms with Crippen molar-refractivity contribution in [2.75, 3.05) is 29.6 Å². The summed E-state index contributed by atoms with van der Waals surface area (Å²) in [6.07, 6.45) is -3.18. The quantitative estimate of drug-likeness (QED) is 0.682. The first-order chi connectivity index (χ1) is 12.9. The van der Waals surface area contributed by atoms with Gasteiger partial charge in [-0.25, -0.2) is 4.98 Å². The fraction of sp³-hybridized carbons (Fsp3) is 0.562. The number of morpholine rings is 1. The molecule has 0 saturated carbocycles. The molecule has 5 rings (SSSR count). The average Bonchev–Trinajstić information content (AvgIpc) is 3.09. The van der Waals surface area contributed by atoms with E-state index in [9.17, 15) is 18.0 Å². The van der Waals surface area contributed by atoms with Crippen molar-refractivity contribution in [1.29, 1.82) is 0 Å². The predicted octanol–water partition coefficient (Wildman–Crippen LogP) is 1.46. The molecule has 0 aliphatic carbocycles. The van der Waals surface area contributed by atoms with Crippen molar-refractivity contribution in [1.82, 2.24) is 14.5 Å². The van der Waals surface area contributed by atoms with Gasteiger partial charge >= 0.3 is 6.18 Å². The summed E-state index contributed by atoms with van der Waals surface area (Å²) in [4.78, 5) is 24.1. The lowest BCUT2D eigenvalue weighted by atomic mass is 10.1. The van der Waals surface area contributed by atoms with Crippen LogP contribution >= 0.6 is 0 Å². The highest BCUT2D eigenvalue weighted by molar-refractivity contribution is 5.48. The van der Waals surface area contributed by atoms with Gasteiger partial charge in [-0.15, -0.1) is 0 Å². The number of halogens is 3. The Kier molecular flexibility index (Phi) is 3.51. The Bertz CT molecular complexity index is 940. The van der Waals surface area contributed by atoms with Gasteiger partial charge < -0.3 is 19.0 Å². The second-order valence-electron chi connectivity index (χ2n) is 6.82.